The molecule has 0 unspecified atom stereocenters. The maximum atomic E-state index is 12.3. The molecule has 1 aromatic carbocycles. The van der Waals surface area contributed by atoms with E-state index in [0.29, 0.717) is 12.3 Å². The minimum Gasteiger partial charge on any atom is -0.496 e. The summed E-state index contributed by atoms with van der Waals surface area (Å²) >= 11 is 3.39. The van der Waals surface area contributed by atoms with E-state index in [1.165, 1.54) is 0 Å². The molecule has 0 radical (unpaired) electrons. The number of hydrogen-bond acceptors (Lipinski definition) is 3. The molecule has 2 heterocycles. The Morgan fingerprint density at radius 1 is 1.41 bits per heavy atom. The SMILES string of the molecule is COc1ccccc1CC(=O)N1CC(Cn2cc(Br)cn2)C1. The quantitative estimate of drug-likeness (QED) is 0.819. The van der Waals surface area contributed by atoms with Crippen LogP contribution in [0.15, 0.2) is 41.1 Å². The van der Waals surface area contributed by atoms with Gasteiger partial charge in [0, 0.05) is 37.3 Å². The van der Waals surface area contributed by atoms with E-state index in [1.807, 2.05) is 40.0 Å². The summed E-state index contributed by atoms with van der Waals surface area (Å²) in [4.78, 5) is 14.2. The largest absolute Gasteiger partial charge is 0.496 e. The summed E-state index contributed by atoms with van der Waals surface area (Å²) in [5.41, 5.74) is 0.939. The fourth-order valence-corrected chi connectivity index (χ4v) is 3.04. The summed E-state index contributed by atoms with van der Waals surface area (Å²) in [6.45, 7) is 2.45. The number of carbonyl (C=O) groups is 1. The van der Waals surface area contributed by atoms with Gasteiger partial charge in [0.15, 0.2) is 0 Å². The van der Waals surface area contributed by atoms with E-state index >= 15 is 0 Å². The van der Waals surface area contributed by atoms with Gasteiger partial charge < -0.3 is 9.64 Å². The second kappa shape index (κ2) is 6.52. The highest BCUT2D eigenvalue weighted by Gasteiger charge is 2.31. The number of hydrogen-bond donors (Lipinski definition) is 0. The molecule has 22 heavy (non-hydrogen) atoms. The number of halogens is 1. The lowest BCUT2D eigenvalue weighted by molar-refractivity contribution is -0.137. The van der Waals surface area contributed by atoms with Gasteiger partial charge in [-0.2, -0.15) is 5.10 Å². The molecule has 0 spiro atoms. The van der Waals surface area contributed by atoms with Crippen LogP contribution in [0.1, 0.15) is 5.56 Å². The molecule has 0 bridgehead atoms. The first-order chi connectivity index (χ1) is 10.7. The Hall–Kier alpha value is -1.82. The fourth-order valence-electron chi connectivity index (χ4n) is 2.72. The molecule has 1 amide bonds. The lowest BCUT2D eigenvalue weighted by Crippen LogP contribution is -2.51. The third-order valence-corrected chi connectivity index (χ3v) is 4.30. The minimum absolute atomic E-state index is 0.155. The van der Waals surface area contributed by atoms with Crippen LogP contribution in [0, 0.1) is 5.92 Å². The van der Waals surface area contributed by atoms with Crippen molar-refractivity contribution in [3.63, 3.8) is 0 Å². The van der Waals surface area contributed by atoms with Crippen molar-refractivity contribution in [2.45, 2.75) is 13.0 Å². The van der Waals surface area contributed by atoms with Gasteiger partial charge in [-0.3, -0.25) is 9.48 Å². The van der Waals surface area contributed by atoms with Crippen molar-refractivity contribution in [2.24, 2.45) is 5.92 Å². The maximum absolute atomic E-state index is 12.3. The number of ether oxygens (including phenoxy) is 1. The summed E-state index contributed by atoms with van der Waals surface area (Å²) in [5, 5.41) is 4.25. The van der Waals surface area contributed by atoms with Gasteiger partial charge >= 0.3 is 0 Å². The molecule has 1 saturated heterocycles. The highest BCUT2D eigenvalue weighted by molar-refractivity contribution is 9.10. The average molecular weight is 364 g/mol. The second-order valence-corrected chi connectivity index (χ2v) is 6.45. The zero-order valence-electron chi connectivity index (χ0n) is 12.4. The molecule has 0 saturated carbocycles. The summed E-state index contributed by atoms with van der Waals surface area (Å²) in [6, 6.07) is 7.67. The van der Waals surface area contributed by atoms with E-state index in [4.69, 9.17) is 4.74 Å². The van der Waals surface area contributed by atoms with Crippen molar-refractivity contribution in [3.05, 3.63) is 46.7 Å². The highest BCUT2D eigenvalue weighted by atomic mass is 79.9. The Morgan fingerprint density at radius 2 is 2.18 bits per heavy atom. The van der Waals surface area contributed by atoms with Crippen LogP contribution >= 0.6 is 15.9 Å². The summed E-state index contributed by atoms with van der Waals surface area (Å²) in [7, 11) is 1.63. The molecule has 3 rings (SSSR count). The molecule has 1 aliphatic rings. The number of methoxy groups -OCH3 is 1. The van der Waals surface area contributed by atoms with E-state index < -0.39 is 0 Å². The zero-order chi connectivity index (χ0) is 15.5. The number of aromatic nitrogens is 2. The van der Waals surface area contributed by atoms with Gasteiger partial charge in [-0.1, -0.05) is 18.2 Å². The molecule has 1 fully saturated rings. The highest BCUT2D eigenvalue weighted by Crippen LogP contribution is 2.22. The predicted molar refractivity (Wildman–Crippen MR) is 86.7 cm³/mol. The van der Waals surface area contributed by atoms with Crippen LogP contribution in [0.4, 0.5) is 0 Å². The van der Waals surface area contributed by atoms with Gasteiger partial charge in [0.25, 0.3) is 0 Å². The Labute approximate surface area is 138 Å². The number of benzene rings is 1. The molecule has 2 aromatic rings. The first-order valence-corrected chi connectivity index (χ1v) is 8.02. The first-order valence-electron chi connectivity index (χ1n) is 7.23. The molecule has 5 nitrogen and oxygen atoms in total. The summed E-state index contributed by atoms with van der Waals surface area (Å²) in [5.74, 6) is 1.41. The number of amides is 1. The number of rotatable bonds is 5. The van der Waals surface area contributed by atoms with E-state index in [-0.39, 0.29) is 5.91 Å². The van der Waals surface area contributed by atoms with Gasteiger partial charge in [-0.25, -0.2) is 0 Å². The Bertz CT molecular complexity index is 665. The number of likely N-dealkylation sites (tertiary alicyclic amines) is 1. The lowest BCUT2D eigenvalue weighted by Gasteiger charge is -2.39. The van der Waals surface area contributed by atoms with E-state index in [1.54, 1.807) is 13.3 Å². The summed E-state index contributed by atoms with van der Waals surface area (Å²) in [6.07, 6.45) is 4.13. The van der Waals surface area contributed by atoms with Gasteiger partial charge in [0.05, 0.1) is 24.2 Å². The van der Waals surface area contributed by atoms with Crippen LogP contribution in [-0.4, -0.2) is 40.8 Å². The summed E-state index contributed by atoms with van der Waals surface area (Å²) < 4.78 is 8.19. The minimum atomic E-state index is 0.155. The molecule has 1 aromatic heterocycles. The smallest absolute Gasteiger partial charge is 0.227 e. The molecule has 116 valence electrons. The lowest BCUT2D eigenvalue weighted by atomic mass is 9.98. The van der Waals surface area contributed by atoms with E-state index in [9.17, 15) is 4.79 Å². The molecule has 1 aliphatic heterocycles. The number of nitrogens with zero attached hydrogens (tertiary/aromatic N) is 3. The van der Waals surface area contributed by atoms with Crippen LogP contribution in [-0.2, 0) is 17.8 Å². The average Bonchev–Trinajstić information content (AvgIpc) is 2.88. The van der Waals surface area contributed by atoms with Crippen LogP contribution in [0.25, 0.3) is 0 Å². The standard InChI is InChI=1S/C16H18BrN3O2/c1-22-15-5-3-2-4-13(15)6-16(21)19-8-12(9-19)10-20-11-14(17)7-18-20/h2-5,7,11-12H,6,8-10H2,1H3. The fraction of sp³-hybridized carbons (Fsp3) is 0.375. The Kier molecular flexibility index (Phi) is 4.47. The Morgan fingerprint density at radius 3 is 2.86 bits per heavy atom. The van der Waals surface area contributed by atoms with Gasteiger partial charge in [-0.15, -0.1) is 0 Å². The van der Waals surface area contributed by atoms with Crippen LogP contribution in [0.3, 0.4) is 0 Å². The normalized spacial score (nSPS) is 14.7. The topological polar surface area (TPSA) is 47.4 Å². The van der Waals surface area contributed by atoms with Crippen LogP contribution in [0.2, 0.25) is 0 Å². The molecule has 0 atom stereocenters. The molecular weight excluding hydrogens is 346 g/mol. The zero-order valence-corrected chi connectivity index (χ0v) is 14.0. The third kappa shape index (κ3) is 3.32. The molecule has 0 N–H and O–H groups in total. The maximum Gasteiger partial charge on any atom is 0.227 e. The molecule has 6 heteroatoms. The van der Waals surface area contributed by atoms with Crippen molar-refractivity contribution in [2.75, 3.05) is 20.2 Å². The first kappa shape index (κ1) is 15.1. The second-order valence-electron chi connectivity index (χ2n) is 5.53. The van der Waals surface area contributed by atoms with Crippen molar-refractivity contribution < 1.29 is 9.53 Å². The van der Waals surface area contributed by atoms with E-state index in [2.05, 4.69) is 21.0 Å². The third-order valence-electron chi connectivity index (χ3n) is 3.89. The monoisotopic (exact) mass is 363 g/mol. The van der Waals surface area contributed by atoms with Crippen molar-refractivity contribution in [1.82, 2.24) is 14.7 Å². The molecule has 0 aliphatic carbocycles. The van der Waals surface area contributed by atoms with Gasteiger partial charge in [0.1, 0.15) is 5.75 Å². The number of para-hydroxylation sites is 1. The Balaban J connectivity index is 1.51. The van der Waals surface area contributed by atoms with Crippen molar-refractivity contribution >= 4 is 21.8 Å². The van der Waals surface area contributed by atoms with E-state index in [0.717, 1.165) is 35.4 Å². The van der Waals surface area contributed by atoms with Crippen LogP contribution < -0.4 is 4.74 Å². The predicted octanol–water partition coefficient (Wildman–Crippen LogP) is 2.36. The van der Waals surface area contributed by atoms with Gasteiger partial charge in [-0.05, 0) is 22.0 Å². The number of carbonyl (C=O) groups excluding carboxylic acids is 1. The van der Waals surface area contributed by atoms with Gasteiger partial charge in [0.2, 0.25) is 5.91 Å². The molecular formula is C16H18BrN3O2. The van der Waals surface area contributed by atoms with Crippen LogP contribution in [0.5, 0.6) is 5.75 Å². The van der Waals surface area contributed by atoms with Crippen molar-refractivity contribution in [1.29, 1.82) is 0 Å². The van der Waals surface area contributed by atoms with Crippen molar-refractivity contribution in [3.8, 4) is 5.75 Å².